The Balaban J connectivity index is 1.56. The van der Waals surface area contributed by atoms with E-state index in [1.165, 1.54) is 17.0 Å². The lowest BCUT2D eigenvalue weighted by atomic mass is 10.0. The number of carbonyl (C=O) groups excluding carboxylic acids is 2. The minimum Gasteiger partial charge on any atom is -0.302 e. The Morgan fingerprint density at radius 1 is 1.06 bits per heavy atom. The lowest BCUT2D eigenvalue weighted by molar-refractivity contribution is -0.156. The van der Waals surface area contributed by atoms with E-state index in [-0.39, 0.29) is 29.6 Å². The Hall–Kier alpha value is -2.23. The second-order valence-corrected chi connectivity index (χ2v) is 8.99. The van der Waals surface area contributed by atoms with Crippen LogP contribution in [-0.2, 0) is 9.63 Å². The third kappa shape index (κ3) is 5.22. The molecular weight excluding hydrogens is 453 g/mol. The normalized spacial score (nSPS) is 20.3. The molecule has 2 aliphatic heterocycles. The highest BCUT2D eigenvalue weighted by atomic mass is 35.5. The van der Waals surface area contributed by atoms with Gasteiger partial charge in [-0.3, -0.25) is 19.4 Å². The molecule has 2 aromatic rings. The second-order valence-electron chi connectivity index (χ2n) is 7.56. The summed E-state index contributed by atoms with van der Waals surface area (Å²) in [4.78, 5) is 35.0. The van der Waals surface area contributed by atoms with Crippen molar-refractivity contribution in [2.75, 3.05) is 39.8 Å². The molecule has 168 valence electrons. The molecule has 1 atom stereocenters. The van der Waals surface area contributed by atoms with E-state index in [2.05, 4.69) is 4.90 Å². The molecule has 0 saturated carbocycles. The van der Waals surface area contributed by atoms with Crippen molar-refractivity contribution >= 4 is 40.6 Å². The van der Waals surface area contributed by atoms with Crippen LogP contribution in [0.1, 0.15) is 17.2 Å². The number of thioether (sulfide) groups is 1. The highest BCUT2D eigenvalue weighted by Crippen LogP contribution is 2.35. The van der Waals surface area contributed by atoms with Crippen LogP contribution in [0.3, 0.4) is 0 Å². The maximum Gasteiger partial charge on any atom is 0.293 e. The number of hydrogen-bond donors (Lipinski definition) is 0. The van der Waals surface area contributed by atoms with Crippen LogP contribution in [0.2, 0.25) is 5.02 Å². The number of carbonyl (C=O) groups is 2. The fourth-order valence-electron chi connectivity index (χ4n) is 3.86. The number of hydrogen-bond acceptors (Lipinski definition) is 6. The van der Waals surface area contributed by atoms with Crippen molar-refractivity contribution in [3.05, 3.63) is 75.4 Å². The minimum atomic E-state index is -0.325. The van der Waals surface area contributed by atoms with E-state index < -0.39 is 0 Å². The highest BCUT2D eigenvalue weighted by molar-refractivity contribution is 8.18. The molecule has 0 aromatic heterocycles. The average molecular weight is 476 g/mol. The van der Waals surface area contributed by atoms with Crippen LogP contribution in [0, 0.1) is 5.82 Å². The molecular formula is C23H23ClFN3O3S. The molecule has 0 N–H and O–H groups in total. The number of halogens is 2. The maximum absolute atomic E-state index is 13.5. The van der Waals surface area contributed by atoms with Crippen molar-refractivity contribution in [3.8, 4) is 0 Å². The van der Waals surface area contributed by atoms with Gasteiger partial charge in [0.1, 0.15) is 5.82 Å². The number of rotatable bonds is 6. The van der Waals surface area contributed by atoms with Crippen LogP contribution in [0.15, 0.2) is 53.4 Å². The minimum absolute atomic E-state index is 0.196. The Bertz CT molecular complexity index is 1010. The third-order valence-electron chi connectivity index (χ3n) is 5.62. The van der Waals surface area contributed by atoms with E-state index in [9.17, 15) is 14.0 Å². The molecule has 1 unspecified atom stereocenters. The zero-order valence-electron chi connectivity index (χ0n) is 17.5. The third-order valence-corrected chi connectivity index (χ3v) is 6.78. The molecule has 2 saturated heterocycles. The van der Waals surface area contributed by atoms with E-state index >= 15 is 0 Å². The molecule has 0 radical (unpaired) electrons. The monoisotopic (exact) mass is 475 g/mol. The van der Waals surface area contributed by atoms with E-state index in [0.29, 0.717) is 36.1 Å². The van der Waals surface area contributed by atoms with Gasteiger partial charge in [0, 0.05) is 37.7 Å². The van der Waals surface area contributed by atoms with Gasteiger partial charge in [0.2, 0.25) is 0 Å². The SMILES string of the molecule is CON1CCN(C(CN2C(=O)S/C(=C\c3ccc(Cl)cc3)C2=O)c2ccc(F)cc2)CC1. The molecule has 4 rings (SSSR count). The van der Waals surface area contributed by atoms with E-state index in [1.807, 2.05) is 5.06 Å². The standard InChI is InChI=1S/C23H23ClFN3O3S/c1-31-27-12-10-26(11-13-27)20(17-4-8-19(25)9-5-17)15-28-22(29)21(32-23(28)30)14-16-2-6-18(24)7-3-16/h2-9,14,20H,10-13,15H2,1H3/b21-14-. The summed E-state index contributed by atoms with van der Waals surface area (Å²) in [6.07, 6.45) is 1.70. The first-order valence-corrected chi connectivity index (χ1v) is 11.4. The van der Waals surface area contributed by atoms with Gasteiger partial charge in [-0.2, -0.15) is 5.06 Å². The molecule has 2 heterocycles. The van der Waals surface area contributed by atoms with Gasteiger partial charge in [0.05, 0.1) is 18.1 Å². The zero-order chi connectivity index (χ0) is 22.7. The molecule has 0 bridgehead atoms. The molecule has 9 heteroatoms. The van der Waals surface area contributed by atoms with Crippen molar-refractivity contribution < 1.29 is 18.8 Å². The second kappa shape index (κ2) is 10.1. The maximum atomic E-state index is 13.5. The van der Waals surface area contributed by atoms with Crippen LogP contribution < -0.4 is 0 Å². The fourth-order valence-corrected chi connectivity index (χ4v) is 4.83. The van der Waals surface area contributed by atoms with Crippen LogP contribution in [0.4, 0.5) is 9.18 Å². The van der Waals surface area contributed by atoms with Gasteiger partial charge in [0.25, 0.3) is 11.1 Å². The summed E-state index contributed by atoms with van der Waals surface area (Å²) in [5.41, 5.74) is 1.66. The summed E-state index contributed by atoms with van der Waals surface area (Å²) in [6, 6.07) is 13.1. The van der Waals surface area contributed by atoms with Crippen LogP contribution in [-0.4, -0.2) is 65.8 Å². The van der Waals surface area contributed by atoms with Gasteiger partial charge in [-0.05, 0) is 53.2 Å². The zero-order valence-corrected chi connectivity index (χ0v) is 19.1. The Morgan fingerprint density at radius 3 is 2.34 bits per heavy atom. The van der Waals surface area contributed by atoms with Crippen molar-refractivity contribution in [1.29, 1.82) is 0 Å². The van der Waals surface area contributed by atoms with Crippen molar-refractivity contribution in [2.45, 2.75) is 6.04 Å². The summed E-state index contributed by atoms with van der Waals surface area (Å²) in [5, 5.41) is 2.16. The fraction of sp³-hybridized carbons (Fsp3) is 0.304. The number of nitrogens with zero attached hydrogens (tertiary/aromatic N) is 3. The summed E-state index contributed by atoms with van der Waals surface area (Å²) < 4.78 is 13.5. The first-order valence-electron chi connectivity index (χ1n) is 10.2. The van der Waals surface area contributed by atoms with E-state index in [4.69, 9.17) is 16.4 Å². The van der Waals surface area contributed by atoms with Crippen molar-refractivity contribution in [1.82, 2.24) is 14.9 Å². The Labute approximate surface area is 195 Å². The molecule has 2 aliphatic rings. The number of imide groups is 1. The van der Waals surface area contributed by atoms with Crippen LogP contribution in [0.25, 0.3) is 6.08 Å². The van der Waals surface area contributed by atoms with Gasteiger partial charge in [-0.25, -0.2) is 4.39 Å². The Morgan fingerprint density at radius 2 is 1.72 bits per heavy atom. The summed E-state index contributed by atoms with van der Waals surface area (Å²) in [7, 11) is 1.64. The quantitative estimate of drug-likeness (QED) is 0.576. The van der Waals surface area contributed by atoms with Gasteiger partial charge < -0.3 is 4.84 Å². The van der Waals surface area contributed by atoms with E-state index in [1.54, 1.807) is 49.6 Å². The lowest BCUT2D eigenvalue weighted by Crippen LogP contribution is -2.49. The predicted octanol–water partition coefficient (Wildman–Crippen LogP) is 4.44. The van der Waals surface area contributed by atoms with Crippen LogP contribution >= 0.6 is 23.4 Å². The average Bonchev–Trinajstić information content (AvgIpc) is 3.07. The smallest absolute Gasteiger partial charge is 0.293 e. The summed E-state index contributed by atoms with van der Waals surface area (Å²) in [6.45, 7) is 3.00. The molecule has 2 fully saturated rings. The molecule has 2 aromatic carbocycles. The molecule has 0 aliphatic carbocycles. The number of piperazine rings is 1. The van der Waals surface area contributed by atoms with Crippen molar-refractivity contribution in [2.24, 2.45) is 0 Å². The number of benzene rings is 2. The molecule has 6 nitrogen and oxygen atoms in total. The molecule has 2 amide bonds. The summed E-state index contributed by atoms with van der Waals surface area (Å²) in [5.74, 6) is -0.647. The first kappa shape index (κ1) is 22.9. The molecule has 0 spiro atoms. The Kier molecular flexibility index (Phi) is 7.27. The molecule has 32 heavy (non-hydrogen) atoms. The largest absolute Gasteiger partial charge is 0.302 e. The van der Waals surface area contributed by atoms with Gasteiger partial charge in [-0.1, -0.05) is 35.9 Å². The van der Waals surface area contributed by atoms with Gasteiger partial charge >= 0.3 is 0 Å². The lowest BCUT2D eigenvalue weighted by Gasteiger charge is -2.39. The highest BCUT2D eigenvalue weighted by Gasteiger charge is 2.38. The van der Waals surface area contributed by atoms with Gasteiger partial charge in [-0.15, -0.1) is 0 Å². The van der Waals surface area contributed by atoms with E-state index in [0.717, 1.165) is 22.9 Å². The summed E-state index contributed by atoms with van der Waals surface area (Å²) >= 11 is 6.86. The number of amides is 2. The van der Waals surface area contributed by atoms with Gasteiger partial charge in [0.15, 0.2) is 0 Å². The topological polar surface area (TPSA) is 53.1 Å². The predicted molar refractivity (Wildman–Crippen MR) is 123 cm³/mol. The van der Waals surface area contributed by atoms with Crippen molar-refractivity contribution in [3.63, 3.8) is 0 Å². The van der Waals surface area contributed by atoms with Crippen LogP contribution in [0.5, 0.6) is 0 Å². The first-order chi connectivity index (χ1) is 15.4. The number of hydroxylamine groups is 2.